The molecule has 0 N–H and O–H groups in total. The van der Waals surface area contributed by atoms with E-state index in [0.717, 1.165) is 29.2 Å². The number of rotatable bonds is 6. The lowest BCUT2D eigenvalue weighted by Gasteiger charge is -2.05. The van der Waals surface area contributed by atoms with Crippen LogP contribution >= 0.6 is 11.8 Å². The van der Waals surface area contributed by atoms with E-state index in [-0.39, 0.29) is 5.12 Å². The van der Waals surface area contributed by atoms with Crippen molar-refractivity contribution < 1.29 is 14.3 Å². The van der Waals surface area contributed by atoms with Crippen LogP contribution < -0.4 is 9.47 Å². The van der Waals surface area contributed by atoms with Crippen molar-refractivity contribution >= 4 is 23.0 Å². The Kier molecular flexibility index (Phi) is 6.36. The van der Waals surface area contributed by atoms with Crippen LogP contribution in [0.5, 0.6) is 11.5 Å². The number of methoxy groups -OCH3 is 2. The van der Waals surface area contributed by atoms with Crippen LogP contribution in [0.15, 0.2) is 24.3 Å². The quantitative estimate of drug-likeness (QED) is 0.739. The number of hydrogen-bond acceptors (Lipinski definition) is 4. The van der Waals surface area contributed by atoms with Gasteiger partial charge < -0.3 is 9.47 Å². The van der Waals surface area contributed by atoms with Crippen LogP contribution in [0.25, 0.3) is 6.08 Å². The first-order valence-corrected chi connectivity index (χ1v) is 6.67. The zero-order valence-corrected chi connectivity index (χ0v) is 11.8. The maximum absolute atomic E-state index is 10.7. The third kappa shape index (κ3) is 5.27. The van der Waals surface area contributed by atoms with Gasteiger partial charge in [-0.15, -0.1) is 0 Å². The Morgan fingerprint density at radius 1 is 1.22 bits per heavy atom. The summed E-state index contributed by atoms with van der Waals surface area (Å²) >= 11 is 1.34. The minimum absolute atomic E-state index is 0.159. The SMILES string of the molecule is COc1cc(C=CCCSC(C)=O)cc(OC)c1. The number of hydrogen-bond donors (Lipinski definition) is 0. The van der Waals surface area contributed by atoms with Gasteiger partial charge >= 0.3 is 0 Å². The minimum atomic E-state index is 0.159. The number of allylic oxidation sites excluding steroid dienone is 1. The standard InChI is InChI=1S/C14H18O3S/c1-11(15)18-7-5-4-6-12-8-13(16-2)10-14(9-12)17-3/h4,6,8-10H,5,7H2,1-3H3. The monoisotopic (exact) mass is 266 g/mol. The Hall–Kier alpha value is -1.42. The summed E-state index contributed by atoms with van der Waals surface area (Å²) in [7, 11) is 3.26. The van der Waals surface area contributed by atoms with Crippen molar-refractivity contribution in [3.05, 3.63) is 29.8 Å². The van der Waals surface area contributed by atoms with Crippen LogP contribution in [-0.2, 0) is 4.79 Å². The van der Waals surface area contributed by atoms with E-state index < -0.39 is 0 Å². The van der Waals surface area contributed by atoms with Crippen LogP contribution in [0.2, 0.25) is 0 Å². The molecule has 0 unspecified atom stereocenters. The molecule has 0 amide bonds. The fraction of sp³-hybridized carbons (Fsp3) is 0.357. The molecule has 0 fully saturated rings. The third-order valence-corrected chi connectivity index (χ3v) is 3.12. The second kappa shape index (κ2) is 7.82. The maximum atomic E-state index is 10.7. The summed E-state index contributed by atoms with van der Waals surface area (Å²) in [5.41, 5.74) is 1.03. The second-order valence-electron chi connectivity index (χ2n) is 3.68. The Labute approximate surface area is 112 Å². The van der Waals surface area contributed by atoms with Gasteiger partial charge in [-0.25, -0.2) is 0 Å². The molecular formula is C14H18O3S. The number of benzene rings is 1. The number of carbonyl (C=O) groups excluding carboxylic acids is 1. The van der Waals surface area contributed by atoms with Crippen LogP contribution in [0, 0.1) is 0 Å². The van der Waals surface area contributed by atoms with Crippen molar-refractivity contribution in [3.8, 4) is 11.5 Å². The molecule has 0 spiro atoms. The minimum Gasteiger partial charge on any atom is -0.497 e. The Bertz CT molecular complexity index is 405. The first-order chi connectivity index (χ1) is 8.65. The van der Waals surface area contributed by atoms with Gasteiger partial charge in [-0.2, -0.15) is 0 Å². The number of ether oxygens (including phenoxy) is 2. The highest BCUT2D eigenvalue weighted by Gasteiger charge is 1.99. The molecule has 1 aromatic rings. The number of thioether (sulfide) groups is 1. The molecule has 0 radical (unpaired) electrons. The van der Waals surface area contributed by atoms with Gasteiger partial charge in [-0.3, -0.25) is 4.79 Å². The second-order valence-corrected chi connectivity index (χ2v) is 4.95. The van der Waals surface area contributed by atoms with E-state index >= 15 is 0 Å². The summed E-state index contributed by atoms with van der Waals surface area (Å²) in [5, 5.41) is 0.159. The topological polar surface area (TPSA) is 35.5 Å². The Balaban J connectivity index is 2.60. The average Bonchev–Trinajstić information content (AvgIpc) is 2.37. The fourth-order valence-corrected chi connectivity index (χ4v) is 1.96. The van der Waals surface area contributed by atoms with E-state index in [9.17, 15) is 4.79 Å². The summed E-state index contributed by atoms with van der Waals surface area (Å²) < 4.78 is 10.4. The normalized spacial score (nSPS) is 10.6. The predicted octanol–water partition coefficient (Wildman–Crippen LogP) is 3.39. The fourth-order valence-electron chi connectivity index (χ4n) is 1.42. The van der Waals surface area contributed by atoms with Gasteiger partial charge in [-0.1, -0.05) is 23.9 Å². The first-order valence-electron chi connectivity index (χ1n) is 5.68. The molecule has 3 nitrogen and oxygen atoms in total. The van der Waals surface area contributed by atoms with Gasteiger partial charge in [0.25, 0.3) is 0 Å². The van der Waals surface area contributed by atoms with Gasteiger partial charge in [0.15, 0.2) is 5.12 Å². The molecule has 0 bridgehead atoms. The Morgan fingerprint density at radius 2 is 1.83 bits per heavy atom. The van der Waals surface area contributed by atoms with Gasteiger partial charge in [0, 0.05) is 18.7 Å². The molecular weight excluding hydrogens is 248 g/mol. The highest BCUT2D eigenvalue weighted by atomic mass is 32.2. The Morgan fingerprint density at radius 3 is 2.33 bits per heavy atom. The molecule has 0 saturated heterocycles. The van der Waals surface area contributed by atoms with Crippen molar-refractivity contribution in [2.24, 2.45) is 0 Å². The molecule has 18 heavy (non-hydrogen) atoms. The largest absolute Gasteiger partial charge is 0.497 e. The highest BCUT2D eigenvalue weighted by molar-refractivity contribution is 8.13. The van der Waals surface area contributed by atoms with Crippen LogP contribution in [0.4, 0.5) is 0 Å². The van der Waals surface area contributed by atoms with Crippen LogP contribution in [-0.4, -0.2) is 25.1 Å². The van der Waals surface area contributed by atoms with Crippen molar-refractivity contribution in [1.82, 2.24) is 0 Å². The van der Waals surface area contributed by atoms with Crippen molar-refractivity contribution in [1.29, 1.82) is 0 Å². The summed E-state index contributed by atoms with van der Waals surface area (Å²) in [5.74, 6) is 2.35. The lowest BCUT2D eigenvalue weighted by Crippen LogP contribution is -1.88. The first kappa shape index (κ1) is 14.6. The zero-order chi connectivity index (χ0) is 13.4. The maximum Gasteiger partial charge on any atom is 0.185 e. The third-order valence-electron chi connectivity index (χ3n) is 2.27. The van der Waals surface area contributed by atoms with Gasteiger partial charge in [0.05, 0.1) is 14.2 Å². The molecule has 0 atom stereocenters. The van der Waals surface area contributed by atoms with Gasteiger partial charge in [-0.05, 0) is 24.1 Å². The molecule has 98 valence electrons. The molecule has 0 heterocycles. The van der Waals surface area contributed by atoms with Gasteiger partial charge in [0.1, 0.15) is 11.5 Å². The molecule has 0 aromatic heterocycles. The van der Waals surface area contributed by atoms with E-state index in [1.807, 2.05) is 30.4 Å². The highest BCUT2D eigenvalue weighted by Crippen LogP contribution is 2.23. The molecule has 0 saturated carbocycles. The van der Waals surface area contributed by atoms with Gasteiger partial charge in [0.2, 0.25) is 0 Å². The van der Waals surface area contributed by atoms with E-state index in [4.69, 9.17) is 9.47 Å². The van der Waals surface area contributed by atoms with Crippen LogP contribution in [0.1, 0.15) is 18.9 Å². The smallest absolute Gasteiger partial charge is 0.185 e. The molecule has 0 aliphatic heterocycles. The molecule has 0 aliphatic rings. The summed E-state index contributed by atoms with van der Waals surface area (Å²) in [6.07, 6.45) is 4.92. The summed E-state index contributed by atoms with van der Waals surface area (Å²) in [6.45, 7) is 1.58. The van der Waals surface area contributed by atoms with E-state index in [0.29, 0.717) is 0 Å². The predicted molar refractivity (Wildman–Crippen MR) is 76.3 cm³/mol. The molecule has 1 rings (SSSR count). The number of carbonyl (C=O) groups is 1. The summed E-state index contributed by atoms with van der Waals surface area (Å²) in [6, 6.07) is 5.72. The molecule has 4 heteroatoms. The van der Waals surface area contributed by atoms with E-state index in [1.165, 1.54) is 11.8 Å². The van der Waals surface area contributed by atoms with Crippen molar-refractivity contribution in [2.45, 2.75) is 13.3 Å². The molecule has 1 aromatic carbocycles. The van der Waals surface area contributed by atoms with Crippen molar-refractivity contribution in [2.75, 3.05) is 20.0 Å². The average molecular weight is 266 g/mol. The summed E-state index contributed by atoms with van der Waals surface area (Å²) in [4.78, 5) is 10.7. The van der Waals surface area contributed by atoms with E-state index in [1.54, 1.807) is 21.1 Å². The lowest BCUT2D eigenvalue weighted by molar-refractivity contribution is -0.109. The lowest BCUT2D eigenvalue weighted by atomic mass is 10.2. The van der Waals surface area contributed by atoms with Crippen molar-refractivity contribution in [3.63, 3.8) is 0 Å². The molecule has 0 aliphatic carbocycles. The van der Waals surface area contributed by atoms with Crippen LogP contribution in [0.3, 0.4) is 0 Å². The zero-order valence-electron chi connectivity index (χ0n) is 10.9. The van der Waals surface area contributed by atoms with E-state index in [2.05, 4.69) is 0 Å².